The predicted molar refractivity (Wildman–Crippen MR) is 99.6 cm³/mol. The van der Waals surface area contributed by atoms with Crippen molar-refractivity contribution in [2.75, 3.05) is 20.8 Å². The molecule has 2 aromatic rings. The lowest BCUT2D eigenvalue weighted by molar-refractivity contribution is -0.141. The van der Waals surface area contributed by atoms with Gasteiger partial charge in [-0.25, -0.2) is 0 Å². The third kappa shape index (κ3) is 3.63. The number of allylic oxidation sites excluding steroid dienone is 1. The quantitative estimate of drug-likeness (QED) is 0.551. The molecular weight excluding hydrogens is 370 g/mol. The maximum Gasteiger partial charge on any atom is 0.268 e. The summed E-state index contributed by atoms with van der Waals surface area (Å²) >= 11 is 1.30. The Morgan fingerprint density at radius 3 is 2.44 bits per heavy atom. The van der Waals surface area contributed by atoms with Crippen molar-refractivity contribution in [3.8, 4) is 11.5 Å². The second-order valence-electron chi connectivity index (χ2n) is 5.84. The maximum atomic E-state index is 12.3. The topological polar surface area (TPSA) is 90.2 Å². The average Bonchev–Trinajstić information content (AvgIpc) is 3.14. The molecular formula is C18H19N3O5S. The van der Waals surface area contributed by atoms with Crippen LogP contribution in [0.1, 0.15) is 12.8 Å². The van der Waals surface area contributed by atoms with Gasteiger partial charge in [-0.3, -0.25) is 19.3 Å². The van der Waals surface area contributed by atoms with Crippen LogP contribution in [0.5, 0.6) is 11.5 Å². The fourth-order valence-electron chi connectivity index (χ4n) is 2.86. The predicted octanol–water partition coefficient (Wildman–Crippen LogP) is 1.48. The number of carbonyl (C=O) groups is 3. The zero-order chi connectivity index (χ0) is 19.6. The lowest BCUT2D eigenvalue weighted by Crippen LogP contribution is -2.34. The van der Waals surface area contributed by atoms with Gasteiger partial charge in [0.2, 0.25) is 11.8 Å². The number of fused-ring (bicyclic) bond motifs is 1. The smallest absolute Gasteiger partial charge is 0.268 e. The maximum absolute atomic E-state index is 12.3. The van der Waals surface area contributed by atoms with E-state index in [9.17, 15) is 14.4 Å². The van der Waals surface area contributed by atoms with Crippen molar-refractivity contribution in [1.82, 2.24) is 9.47 Å². The third-order valence-corrected chi connectivity index (χ3v) is 5.21. The number of benzene rings is 1. The normalized spacial score (nSPS) is 14.9. The van der Waals surface area contributed by atoms with E-state index in [1.54, 1.807) is 20.3 Å². The van der Waals surface area contributed by atoms with Crippen LogP contribution in [0.15, 0.2) is 29.8 Å². The van der Waals surface area contributed by atoms with Crippen molar-refractivity contribution < 1.29 is 23.9 Å². The van der Waals surface area contributed by atoms with E-state index in [0.29, 0.717) is 22.8 Å². The number of thiazole rings is 1. The van der Waals surface area contributed by atoms with E-state index >= 15 is 0 Å². The zero-order valence-corrected chi connectivity index (χ0v) is 15.9. The summed E-state index contributed by atoms with van der Waals surface area (Å²) in [6.45, 7) is 3.84. The van der Waals surface area contributed by atoms with E-state index in [1.165, 1.54) is 11.3 Å². The summed E-state index contributed by atoms with van der Waals surface area (Å²) in [5.41, 5.74) is 0.817. The van der Waals surface area contributed by atoms with Crippen molar-refractivity contribution in [2.24, 2.45) is 4.99 Å². The standard InChI is InChI=1S/C18H19N3O5S/c1-4-7-20-11-8-12(25-2)13(26-3)9-14(11)27-18(20)19-15(22)10-21-16(23)5-6-17(21)24/h4,8-9H,1,5-7,10H2,2-3H3. The van der Waals surface area contributed by atoms with Gasteiger partial charge in [0.15, 0.2) is 16.3 Å². The van der Waals surface area contributed by atoms with Gasteiger partial charge in [-0.2, -0.15) is 4.99 Å². The van der Waals surface area contributed by atoms with Crippen molar-refractivity contribution in [1.29, 1.82) is 0 Å². The van der Waals surface area contributed by atoms with Gasteiger partial charge < -0.3 is 14.0 Å². The number of nitrogens with zero attached hydrogens (tertiary/aromatic N) is 3. The molecule has 0 N–H and O–H groups in total. The first-order valence-electron chi connectivity index (χ1n) is 8.25. The highest BCUT2D eigenvalue weighted by atomic mass is 32.1. The van der Waals surface area contributed by atoms with Crippen LogP contribution in [0.2, 0.25) is 0 Å². The third-order valence-electron chi connectivity index (χ3n) is 4.17. The van der Waals surface area contributed by atoms with Gasteiger partial charge in [-0.15, -0.1) is 6.58 Å². The van der Waals surface area contributed by atoms with Crippen molar-refractivity contribution in [3.05, 3.63) is 29.6 Å². The van der Waals surface area contributed by atoms with Crippen LogP contribution in [0, 0.1) is 0 Å². The summed E-state index contributed by atoms with van der Waals surface area (Å²) in [6.07, 6.45) is 1.98. The van der Waals surface area contributed by atoms with Gasteiger partial charge in [-0.05, 0) is 0 Å². The molecule has 0 saturated carbocycles. The zero-order valence-electron chi connectivity index (χ0n) is 15.1. The second kappa shape index (κ2) is 7.75. The molecule has 0 radical (unpaired) electrons. The van der Waals surface area contributed by atoms with Crippen LogP contribution >= 0.6 is 11.3 Å². The molecule has 0 atom stereocenters. The van der Waals surface area contributed by atoms with Crippen LogP contribution < -0.4 is 14.3 Å². The number of methoxy groups -OCH3 is 2. The second-order valence-corrected chi connectivity index (χ2v) is 6.85. The van der Waals surface area contributed by atoms with Gasteiger partial charge in [0, 0.05) is 31.5 Å². The molecule has 27 heavy (non-hydrogen) atoms. The molecule has 0 aliphatic carbocycles. The number of ether oxygens (including phenoxy) is 2. The van der Waals surface area contributed by atoms with E-state index in [1.807, 2.05) is 16.7 Å². The minimum atomic E-state index is -0.554. The molecule has 3 rings (SSSR count). The average molecular weight is 389 g/mol. The fraction of sp³-hybridized carbons (Fsp3) is 0.333. The van der Waals surface area contributed by atoms with E-state index in [0.717, 1.165) is 15.1 Å². The number of amides is 3. The van der Waals surface area contributed by atoms with Crippen LogP contribution in [-0.4, -0.2) is 48.0 Å². The number of imide groups is 1. The van der Waals surface area contributed by atoms with E-state index < -0.39 is 5.91 Å². The van der Waals surface area contributed by atoms with Gasteiger partial charge in [-0.1, -0.05) is 17.4 Å². The summed E-state index contributed by atoms with van der Waals surface area (Å²) in [5.74, 6) is -0.0987. The first-order valence-corrected chi connectivity index (χ1v) is 9.07. The molecule has 0 spiro atoms. The van der Waals surface area contributed by atoms with Gasteiger partial charge in [0.1, 0.15) is 6.54 Å². The highest BCUT2D eigenvalue weighted by Gasteiger charge is 2.30. The summed E-state index contributed by atoms with van der Waals surface area (Å²) < 4.78 is 13.3. The first kappa shape index (κ1) is 18.8. The van der Waals surface area contributed by atoms with E-state index in [2.05, 4.69) is 11.6 Å². The monoisotopic (exact) mass is 389 g/mol. The van der Waals surface area contributed by atoms with E-state index in [-0.39, 0.29) is 31.2 Å². The molecule has 8 nitrogen and oxygen atoms in total. The van der Waals surface area contributed by atoms with Gasteiger partial charge in [0.25, 0.3) is 5.91 Å². The van der Waals surface area contributed by atoms with Crippen molar-refractivity contribution in [2.45, 2.75) is 19.4 Å². The number of likely N-dealkylation sites (tertiary alicyclic amines) is 1. The number of hydrogen-bond acceptors (Lipinski definition) is 6. The Labute approximate surface area is 159 Å². The van der Waals surface area contributed by atoms with Crippen LogP contribution in [0.4, 0.5) is 0 Å². The SMILES string of the molecule is C=CCn1c(=NC(=O)CN2C(=O)CCC2=O)sc2cc(OC)c(OC)cc21. The van der Waals surface area contributed by atoms with E-state index in [4.69, 9.17) is 9.47 Å². The molecule has 142 valence electrons. The van der Waals surface area contributed by atoms with Gasteiger partial charge in [0.05, 0.1) is 24.4 Å². The number of rotatable bonds is 6. The lowest BCUT2D eigenvalue weighted by Gasteiger charge is -2.10. The van der Waals surface area contributed by atoms with Crippen LogP contribution in [0.25, 0.3) is 10.2 Å². The Hall–Kier alpha value is -2.94. The lowest BCUT2D eigenvalue weighted by atomic mass is 10.3. The molecule has 1 aromatic carbocycles. The molecule has 3 amide bonds. The van der Waals surface area contributed by atoms with Gasteiger partial charge >= 0.3 is 0 Å². The van der Waals surface area contributed by atoms with Crippen LogP contribution in [-0.2, 0) is 20.9 Å². The molecule has 0 unspecified atom stereocenters. The fourth-order valence-corrected chi connectivity index (χ4v) is 3.93. The highest BCUT2D eigenvalue weighted by molar-refractivity contribution is 7.16. The minimum absolute atomic E-state index is 0.144. The Bertz CT molecular complexity index is 988. The largest absolute Gasteiger partial charge is 0.493 e. The number of carbonyl (C=O) groups excluding carboxylic acids is 3. The molecule has 1 aliphatic heterocycles. The molecule has 0 bridgehead atoms. The molecule has 1 fully saturated rings. The molecule has 2 heterocycles. The molecule has 1 saturated heterocycles. The Balaban J connectivity index is 2.04. The van der Waals surface area contributed by atoms with Crippen molar-refractivity contribution in [3.63, 3.8) is 0 Å². The summed E-state index contributed by atoms with van der Waals surface area (Å²) in [7, 11) is 3.10. The first-order chi connectivity index (χ1) is 13.0. The Morgan fingerprint density at radius 1 is 1.22 bits per heavy atom. The Morgan fingerprint density at radius 2 is 1.85 bits per heavy atom. The molecule has 1 aromatic heterocycles. The summed E-state index contributed by atoms with van der Waals surface area (Å²) in [5, 5.41) is 0. The minimum Gasteiger partial charge on any atom is -0.493 e. The van der Waals surface area contributed by atoms with Crippen LogP contribution in [0.3, 0.4) is 0 Å². The molecule has 9 heteroatoms. The summed E-state index contributed by atoms with van der Waals surface area (Å²) in [4.78, 5) is 41.3. The number of hydrogen-bond donors (Lipinski definition) is 0. The number of aromatic nitrogens is 1. The van der Waals surface area contributed by atoms with Crippen molar-refractivity contribution >= 4 is 39.3 Å². The highest BCUT2D eigenvalue weighted by Crippen LogP contribution is 2.33. The Kier molecular flexibility index (Phi) is 5.41. The molecule has 1 aliphatic rings. The summed E-state index contributed by atoms with van der Waals surface area (Å²) in [6, 6.07) is 3.63.